The second-order valence-corrected chi connectivity index (χ2v) is 4.66. The lowest BCUT2D eigenvalue weighted by Gasteiger charge is -2.24. The second kappa shape index (κ2) is 5.15. The monoisotopic (exact) mass is 244 g/mol. The lowest BCUT2D eigenvalue weighted by atomic mass is 10.2. The van der Waals surface area contributed by atoms with Gasteiger partial charge in [0.05, 0.1) is 5.56 Å². The van der Waals surface area contributed by atoms with E-state index in [-0.39, 0.29) is 11.9 Å². The van der Waals surface area contributed by atoms with Crippen molar-refractivity contribution >= 4 is 5.91 Å². The summed E-state index contributed by atoms with van der Waals surface area (Å²) in [6, 6.07) is 5.47. The van der Waals surface area contributed by atoms with Crippen LogP contribution in [0.5, 0.6) is 0 Å². The van der Waals surface area contributed by atoms with Gasteiger partial charge in [0.1, 0.15) is 11.8 Å². The molecule has 94 valence electrons. The van der Waals surface area contributed by atoms with E-state index < -0.39 is 0 Å². The van der Waals surface area contributed by atoms with Gasteiger partial charge in [-0.3, -0.25) is 4.79 Å². The number of nitrogens with zero attached hydrogens (tertiary/aromatic N) is 4. The van der Waals surface area contributed by atoms with Crippen molar-refractivity contribution in [2.24, 2.45) is 0 Å². The average Bonchev–Trinajstić information content (AvgIpc) is 2.84. The fourth-order valence-electron chi connectivity index (χ4n) is 2.16. The van der Waals surface area contributed by atoms with Gasteiger partial charge in [0.2, 0.25) is 0 Å². The van der Waals surface area contributed by atoms with E-state index in [1.807, 2.05) is 13.1 Å². The van der Waals surface area contributed by atoms with Crippen LogP contribution in [0.1, 0.15) is 22.5 Å². The molecule has 1 aliphatic heterocycles. The molecule has 1 saturated heterocycles. The summed E-state index contributed by atoms with van der Waals surface area (Å²) in [7, 11) is 3.87. The van der Waals surface area contributed by atoms with Gasteiger partial charge in [0.15, 0.2) is 0 Å². The quantitative estimate of drug-likeness (QED) is 0.769. The highest BCUT2D eigenvalue weighted by molar-refractivity contribution is 5.92. The smallest absolute Gasteiger partial charge is 0.272 e. The van der Waals surface area contributed by atoms with Crippen LogP contribution in [0, 0.1) is 11.3 Å². The van der Waals surface area contributed by atoms with Gasteiger partial charge in [-0.25, -0.2) is 4.98 Å². The Morgan fingerprint density at radius 3 is 2.89 bits per heavy atom. The number of pyridine rings is 1. The molecule has 1 unspecified atom stereocenters. The molecule has 2 rings (SSSR count). The summed E-state index contributed by atoms with van der Waals surface area (Å²) in [6.07, 6.45) is 2.43. The van der Waals surface area contributed by atoms with Crippen molar-refractivity contribution in [2.45, 2.75) is 12.5 Å². The third kappa shape index (κ3) is 2.49. The highest BCUT2D eigenvalue weighted by atomic mass is 16.2. The Labute approximate surface area is 107 Å². The zero-order chi connectivity index (χ0) is 13.1. The number of hydrogen-bond acceptors (Lipinski definition) is 4. The number of likely N-dealkylation sites (N-methyl/N-ethyl adjacent to an activating group) is 2. The number of carbonyl (C=O) groups is 1. The summed E-state index contributed by atoms with van der Waals surface area (Å²) in [5, 5.41) is 8.69. The van der Waals surface area contributed by atoms with E-state index in [1.165, 1.54) is 6.20 Å². The molecule has 2 heterocycles. The van der Waals surface area contributed by atoms with Crippen LogP contribution < -0.4 is 0 Å². The Morgan fingerprint density at radius 2 is 2.39 bits per heavy atom. The first-order valence-corrected chi connectivity index (χ1v) is 5.93. The molecule has 0 radical (unpaired) electrons. The van der Waals surface area contributed by atoms with E-state index in [0.29, 0.717) is 11.3 Å². The number of hydrogen-bond donors (Lipinski definition) is 0. The van der Waals surface area contributed by atoms with Crippen LogP contribution in [0.2, 0.25) is 0 Å². The molecule has 0 saturated carbocycles. The van der Waals surface area contributed by atoms with Gasteiger partial charge in [0.25, 0.3) is 5.91 Å². The minimum atomic E-state index is -0.0835. The van der Waals surface area contributed by atoms with Crippen molar-refractivity contribution in [1.82, 2.24) is 14.8 Å². The van der Waals surface area contributed by atoms with Gasteiger partial charge in [-0.05, 0) is 32.1 Å². The van der Waals surface area contributed by atoms with E-state index in [0.717, 1.165) is 19.5 Å². The number of aromatic nitrogens is 1. The molecule has 0 aromatic carbocycles. The highest BCUT2D eigenvalue weighted by Gasteiger charge is 2.27. The minimum Gasteiger partial charge on any atom is -0.336 e. The normalized spacial score (nSPS) is 19.5. The molecule has 18 heavy (non-hydrogen) atoms. The topological polar surface area (TPSA) is 60.2 Å². The predicted octanol–water partition coefficient (Wildman–Crippen LogP) is 0.729. The molecule has 0 bridgehead atoms. The van der Waals surface area contributed by atoms with E-state index in [2.05, 4.69) is 16.9 Å². The van der Waals surface area contributed by atoms with Crippen LogP contribution in [0.4, 0.5) is 0 Å². The molecule has 1 fully saturated rings. The Hall–Kier alpha value is -1.93. The zero-order valence-electron chi connectivity index (χ0n) is 10.6. The zero-order valence-corrected chi connectivity index (χ0v) is 10.6. The molecule has 5 nitrogen and oxygen atoms in total. The molecule has 0 N–H and O–H groups in total. The summed E-state index contributed by atoms with van der Waals surface area (Å²) in [6.45, 7) is 1.92. The van der Waals surface area contributed by atoms with Gasteiger partial charge in [-0.1, -0.05) is 0 Å². The minimum absolute atomic E-state index is 0.0835. The van der Waals surface area contributed by atoms with Crippen LogP contribution in [-0.2, 0) is 0 Å². The van der Waals surface area contributed by atoms with Crippen molar-refractivity contribution in [1.29, 1.82) is 5.26 Å². The largest absolute Gasteiger partial charge is 0.336 e. The Kier molecular flexibility index (Phi) is 3.58. The lowest BCUT2D eigenvalue weighted by molar-refractivity contribution is 0.0731. The fraction of sp³-hybridized carbons (Fsp3) is 0.462. The summed E-state index contributed by atoms with van der Waals surface area (Å²) in [5.74, 6) is -0.0835. The second-order valence-electron chi connectivity index (χ2n) is 4.66. The predicted molar refractivity (Wildman–Crippen MR) is 66.9 cm³/mol. The molecule has 5 heteroatoms. The number of carbonyl (C=O) groups excluding carboxylic acids is 1. The first-order valence-electron chi connectivity index (χ1n) is 5.93. The fourth-order valence-corrected chi connectivity index (χ4v) is 2.16. The standard InChI is InChI=1S/C13H16N4O/c1-16-6-5-11(9-16)17(2)13(18)12-4-3-10(7-14)8-15-12/h3-4,8,11H,5-6,9H2,1-2H3. The van der Waals surface area contributed by atoms with Gasteiger partial charge >= 0.3 is 0 Å². The van der Waals surface area contributed by atoms with Gasteiger partial charge in [-0.15, -0.1) is 0 Å². The van der Waals surface area contributed by atoms with Gasteiger partial charge in [-0.2, -0.15) is 5.26 Å². The Bertz CT molecular complexity index is 477. The molecular weight excluding hydrogens is 228 g/mol. The van der Waals surface area contributed by atoms with Gasteiger partial charge in [0, 0.05) is 25.8 Å². The van der Waals surface area contributed by atoms with Crippen LogP contribution >= 0.6 is 0 Å². The first kappa shape index (κ1) is 12.5. The summed E-state index contributed by atoms with van der Waals surface area (Å²) >= 11 is 0. The molecular formula is C13H16N4O. The SMILES string of the molecule is CN1CCC(N(C)C(=O)c2ccc(C#N)cn2)C1. The average molecular weight is 244 g/mol. The molecule has 1 atom stereocenters. The first-order chi connectivity index (χ1) is 8.61. The molecule has 0 aliphatic carbocycles. The van der Waals surface area contributed by atoms with Crippen molar-refractivity contribution < 1.29 is 4.79 Å². The third-order valence-corrected chi connectivity index (χ3v) is 3.35. The maximum Gasteiger partial charge on any atom is 0.272 e. The molecule has 1 aliphatic rings. The van der Waals surface area contributed by atoms with Crippen molar-refractivity contribution in [3.05, 3.63) is 29.6 Å². The van der Waals surface area contributed by atoms with Crippen molar-refractivity contribution in [3.63, 3.8) is 0 Å². The van der Waals surface area contributed by atoms with Crippen LogP contribution in [0.25, 0.3) is 0 Å². The van der Waals surface area contributed by atoms with Crippen LogP contribution in [0.15, 0.2) is 18.3 Å². The van der Waals surface area contributed by atoms with Crippen LogP contribution in [0.3, 0.4) is 0 Å². The molecule has 0 spiro atoms. The summed E-state index contributed by atoms with van der Waals surface area (Å²) in [4.78, 5) is 20.2. The van der Waals surface area contributed by atoms with E-state index >= 15 is 0 Å². The number of amides is 1. The van der Waals surface area contributed by atoms with Gasteiger partial charge < -0.3 is 9.80 Å². The van der Waals surface area contributed by atoms with E-state index in [9.17, 15) is 4.79 Å². The number of nitriles is 1. The molecule has 1 aromatic heterocycles. The summed E-state index contributed by atoms with van der Waals surface area (Å²) in [5.41, 5.74) is 0.862. The number of likely N-dealkylation sites (tertiary alicyclic amines) is 1. The van der Waals surface area contributed by atoms with Crippen molar-refractivity contribution in [3.8, 4) is 6.07 Å². The summed E-state index contributed by atoms with van der Waals surface area (Å²) < 4.78 is 0. The lowest BCUT2D eigenvalue weighted by Crippen LogP contribution is -2.38. The maximum absolute atomic E-state index is 12.2. The van der Waals surface area contributed by atoms with E-state index in [1.54, 1.807) is 17.0 Å². The van der Waals surface area contributed by atoms with E-state index in [4.69, 9.17) is 5.26 Å². The third-order valence-electron chi connectivity index (χ3n) is 3.35. The molecule has 1 amide bonds. The Balaban J connectivity index is 2.08. The maximum atomic E-state index is 12.2. The molecule has 1 aromatic rings. The number of rotatable bonds is 2. The Morgan fingerprint density at radius 1 is 1.61 bits per heavy atom. The highest BCUT2D eigenvalue weighted by Crippen LogP contribution is 2.14. The van der Waals surface area contributed by atoms with Crippen LogP contribution in [-0.4, -0.2) is 53.9 Å². The van der Waals surface area contributed by atoms with Crippen molar-refractivity contribution in [2.75, 3.05) is 27.2 Å².